The first-order chi connectivity index (χ1) is 6.93. The maximum atomic E-state index is 11.5. The van der Waals surface area contributed by atoms with Gasteiger partial charge < -0.3 is 0 Å². The SMILES string of the molecule is CCC(C)N1CC2CC(C1)N2S(C)(=O)=O. The van der Waals surface area contributed by atoms with Crippen molar-refractivity contribution in [1.82, 2.24) is 9.21 Å². The lowest BCUT2D eigenvalue weighted by atomic mass is 9.90. The number of hydrogen-bond donors (Lipinski definition) is 0. The highest BCUT2D eigenvalue weighted by atomic mass is 32.2. The molecule has 0 N–H and O–H groups in total. The lowest BCUT2D eigenvalue weighted by molar-refractivity contribution is -0.0232. The molecule has 3 atom stereocenters. The molecule has 0 saturated carbocycles. The molecule has 88 valence electrons. The Balaban J connectivity index is 2.02. The van der Waals surface area contributed by atoms with Crippen LogP contribution in [-0.4, -0.2) is 55.1 Å². The second-order valence-corrected chi connectivity index (χ2v) is 6.74. The van der Waals surface area contributed by atoms with Gasteiger partial charge in [-0.15, -0.1) is 0 Å². The molecule has 3 rings (SSSR count). The van der Waals surface area contributed by atoms with Gasteiger partial charge in [0.05, 0.1) is 6.26 Å². The lowest BCUT2D eigenvalue weighted by Crippen LogP contribution is -2.70. The summed E-state index contributed by atoms with van der Waals surface area (Å²) in [5.41, 5.74) is 0. The molecule has 0 radical (unpaired) electrons. The zero-order chi connectivity index (χ0) is 11.2. The minimum Gasteiger partial charge on any atom is -0.297 e. The number of hydrogen-bond acceptors (Lipinski definition) is 3. The van der Waals surface area contributed by atoms with Crippen LogP contribution in [0.1, 0.15) is 26.7 Å². The Morgan fingerprint density at radius 1 is 1.33 bits per heavy atom. The molecule has 0 amide bonds. The van der Waals surface area contributed by atoms with Gasteiger partial charge in [0.1, 0.15) is 0 Å². The third-order valence-corrected chi connectivity index (χ3v) is 5.11. The molecule has 3 saturated heterocycles. The van der Waals surface area contributed by atoms with E-state index in [1.54, 1.807) is 4.31 Å². The summed E-state index contributed by atoms with van der Waals surface area (Å²) in [6, 6.07) is 1.07. The molecular formula is C10H20N2O2S. The summed E-state index contributed by atoms with van der Waals surface area (Å²) in [5, 5.41) is 0. The van der Waals surface area contributed by atoms with Crippen LogP contribution in [0.3, 0.4) is 0 Å². The van der Waals surface area contributed by atoms with Crippen LogP contribution in [0.15, 0.2) is 0 Å². The smallest absolute Gasteiger partial charge is 0.211 e. The molecule has 15 heavy (non-hydrogen) atoms. The molecule has 3 unspecified atom stereocenters. The van der Waals surface area contributed by atoms with Crippen LogP contribution in [0.2, 0.25) is 0 Å². The second-order valence-electron chi connectivity index (χ2n) is 4.85. The van der Waals surface area contributed by atoms with E-state index in [1.165, 1.54) is 6.26 Å². The van der Waals surface area contributed by atoms with Crippen LogP contribution in [0.5, 0.6) is 0 Å². The van der Waals surface area contributed by atoms with Crippen molar-refractivity contribution in [3.63, 3.8) is 0 Å². The minimum atomic E-state index is -2.97. The largest absolute Gasteiger partial charge is 0.297 e. The summed E-state index contributed by atoms with van der Waals surface area (Å²) in [7, 11) is -2.97. The van der Waals surface area contributed by atoms with Crippen molar-refractivity contribution in [3.05, 3.63) is 0 Å². The van der Waals surface area contributed by atoms with Crippen LogP contribution < -0.4 is 0 Å². The van der Waals surface area contributed by atoms with Gasteiger partial charge in [0.2, 0.25) is 10.0 Å². The van der Waals surface area contributed by atoms with Crippen LogP contribution in [0, 0.1) is 0 Å². The van der Waals surface area contributed by atoms with E-state index in [0.717, 1.165) is 25.9 Å². The van der Waals surface area contributed by atoms with Gasteiger partial charge in [0, 0.05) is 31.2 Å². The Hall–Kier alpha value is -0.130. The highest BCUT2D eigenvalue weighted by Crippen LogP contribution is 2.35. The molecule has 4 nitrogen and oxygen atoms in total. The highest BCUT2D eigenvalue weighted by molar-refractivity contribution is 7.88. The predicted octanol–water partition coefficient (Wildman–Crippen LogP) is 0.503. The van der Waals surface area contributed by atoms with E-state index < -0.39 is 10.0 Å². The molecule has 5 heteroatoms. The van der Waals surface area contributed by atoms with Crippen molar-refractivity contribution in [2.45, 2.75) is 44.8 Å². The quantitative estimate of drug-likeness (QED) is 0.711. The molecule has 3 aliphatic rings. The number of piperidine rings is 1. The first kappa shape index (κ1) is 11.4. The van der Waals surface area contributed by atoms with E-state index in [-0.39, 0.29) is 12.1 Å². The predicted molar refractivity (Wildman–Crippen MR) is 60.2 cm³/mol. The molecule has 0 aromatic heterocycles. The maximum Gasteiger partial charge on any atom is 0.211 e. The molecule has 0 aromatic rings. The van der Waals surface area contributed by atoms with Crippen molar-refractivity contribution < 1.29 is 8.42 Å². The van der Waals surface area contributed by atoms with Crippen LogP contribution in [0.4, 0.5) is 0 Å². The number of sulfonamides is 1. The second kappa shape index (κ2) is 3.71. The van der Waals surface area contributed by atoms with Gasteiger partial charge in [-0.25, -0.2) is 8.42 Å². The molecular weight excluding hydrogens is 212 g/mol. The first-order valence-corrected chi connectivity index (χ1v) is 7.51. The average Bonchev–Trinajstić information content (AvgIpc) is 2.14. The normalized spacial score (nSPS) is 34.9. The van der Waals surface area contributed by atoms with Crippen LogP contribution in [0.25, 0.3) is 0 Å². The van der Waals surface area contributed by atoms with Crippen molar-refractivity contribution in [2.75, 3.05) is 19.3 Å². The summed E-state index contributed by atoms with van der Waals surface area (Å²) < 4.78 is 24.7. The Bertz CT molecular complexity index is 329. The third-order valence-electron chi connectivity index (χ3n) is 3.75. The van der Waals surface area contributed by atoms with Crippen LogP contribution >= 0.6 is 0 Å². The monoisotopic (exact) mass is 232 g/mol. The van der Waals surface area contributed by atoms with Crippen molar-refractivity contribution in [1.29, 1.82) is 0 Å². The van der Waals surface area contributed by atoms with E-state index in [2.05, 4.69) is 18.7 Å². The van der Waals surface area contributed by atoms with E-state index in [9.17, 15) is 8.42 Å². The minimum absolute atomic E-state index is 0.243. The Labute approximate surface area is 92.3 Å². The summed E-state index contributed by atoms with van der Waals surface area (Å²) in [5.74, 6) is 0. The maximum absolute atomic E-state index is 11.5. The Morgan fingerprint density at radius 2 is 1.87 bits per heavy atom. The highest BCUT2D eigenvalue weighted by Gasteiger charge is 2.49. The molecule has 2 bridgehead atoms. The van der Waals surface area contributed by atoms with Gasteiger partial charge in [-0.05, 0) is 19.8 Å². The zero-order valence-corrected chi connectivity index (χ0v) is 10.5. The fraction of sp³-hybridized carbons (Fsp3) is 1.00. The Morgan fingerprint density at radius 3 is 2.27 bits per heavy atom. The summed E-state index contributed by atoms with van der Waals surface area (Å²) in [6.45, 7) is 6.23. The molecule has 3 fully saturated rings. The van der Waals surface area contributed by atoms with Crippen LogP contribution in [-0.2, 0) is 10.0 Å². The Kier molecular flexibility index (Phi) is 2.81. The fourth-order valence-corrected chi connectivity index (χ4v) is 4.16. The third kappa shape index (κ3) is 1.92. The zero-order valence-electron chi connectivity index (χ0n) is 9.68. The van der Waals surface area contributed by atoms with E-state index >= 15 is 0 Å². The number of piperazine rings is 1. The van der Waals surface area contributed by atoms with Gasteiger partial charge in [-0.3, -0.25) is 4.90 Å². The first-order valence-electron chi connectivity index (χ1n) is 5.66. The molecule has 3 heterocycles. The van der Waals surface area contributed by atoms with Crippen molar-refractivity contribution in [3.8, 4) is 0 Å². The summed E-state index contributed by atoms with van der Waals surface area (Å²) >= 11 is 0. The lowest BCUT2D eigenvalue weighted by Gasteiger charge is -2.55. The van der Waals surface area contributed by atoms with Gasteiger partial charge in [-0.2, -0.15) is 4.31 Å². The average molecular weight is 232 g/mol. The standard InChI is InChI=1S/C10H20N2O2S/c1-4-8(2)11-6-9-5-10(7-11)12(9)15(3,13)14/h8-10H,4-7H2,1-3H3. The fourth-order valence-electron chi connectivity index (χ4n) is 2.77. The van der Waals surface area contributed by atoms with E-state index in [1.807, 2.05) is 0 Å². The molecule has 3 aliphatic heterocycles. The number of fused-ring (bicyclic) bond motifs is 2. The van der Waals surface area contributed by atoms with Gasteiger partial charge >= 0.3 is 0 Å². The summed E-state index contributed by atoms with van der Waals surface area (Å²) in [6.07, 6.45) is 3.52. The molecule has 0 aromatic carbocycles. The van der Waals surface area contributed by atoms with Gasteiger partial charge in [0.15, 0.2) is 0 Å². The number of rotatable bonds is 3. The summed E-state index contributed by atoms with van der Waals surface area (Å²) in [4.78, 5) is 2.42. The molecule has 0 aliphatic carbocycles. The topological polar surface area (TPSA) is 40.6 Å². The van der Waals surface area contributed by atoms with E-state index in [0.29, 0.717) is 6.04 Å². The van der Waals surface area contributed by atoms with Gasteiger partial charge in [-0.1, -0.05) is 6.92 Å². The van der Waals surface area contributed by atoms with Crippen molar-refractivity contribution in [2.24, 2.45) is 0 Å². The van der Waals surface area contributed by atoms with E-state index in [4.69, 9.17) is 0 Å². The van der Waals surface area contributed by atoms with Crippen molar-refractivity contribution >= 4 is 10.0 Å². The number of nitrogens with zero attached hydrogens (tertiary/aromatic N) is 2. The molecule has 0 spiro atoms. The van der Waals surface area contributed by atoms with Gasteiger partial charge in [0.25, 0.3) is 0 Å².